The molecule has 2 aromatic rings. The second kappa shape index (κ2) is 7.79. The highest BCUT2D eigenvalue weighted by atomic mass is 32.1. The Labute approximate surface area is 169 Å². The largest absolute Gasteiger partial charge is 0.486 e. The minimum absolute atomic E-state index is 0.130. The fourth-order valence-corrected chi connectivity index (χ4v) is 5.05. The molecular formula is C21H27N3O3S. The normalized spacial score (nSPS) is 26.9. The number of fused-ring (bicyclic) bond motifs is 1. The molecule has 3 heterocycles. The minimum atomic E-state index is -0.516. The molecule has 28 heavy (non-hydrogen) atoms. The first-order valence-corrected chi connectivity index (χ1v) is 10.7. The molecule has 4 rings (SSSR count). The number of thiazole rings is 1. The zero-order chi connectivity index (χ0) is 19.8. The standard InChI is InChI=1S/C21H27N3O3S/c1-12-4-5-19(13(2)22-12)27-20-7-16-10-24(9-15(16)6-18(20)25)21(26)8-17-11-28-14(3)23-17/h4-5,11,15-16,18,20,25H,6-10H2,1-3H3/t15-,16+,18+,20+/m0/s1. The number of hydrogen-bond donors (Lipinski definition) is 1. The van der Waals surface area contributed by atoms with Gasteiger partial charge in [0.05, 0.1) is 28.9 Å². The number of aliphatic hydroxyl groups excluding tert-OH is 1. The number of ether oxygens (including phenoxy) is 1. The average Bonchev–Trinajstić information content (AvgIpc) is 3.23. The van der Waals surface area contributed by atoms with Gasteiger partial charge in [0, 0.05) is 24.2 Å². The summed E-state index contributed by atoms with van der Waals surface area (Å²) in [6, 6.07) is 3.85. The Morgan fingerprint density at radius 3 is 2.64 bits per heavy atom. The molecule has 6 nitrogen and oxygen atoms in total. The van der Waals surface area contributed by atoms with Gasteiger partial charge in [-0.1, -0.05) is 0 Å². The van der Waals surface area contributed by atoms with Crippen molar-refractivity contribution in [1.29, 1.82) is 0 Å². The number of likely N-dealkylation sites (tertiary alicyclic amines) is 1. The number of rotatable bonds is 4. The molecule has 1 amide bonds. The van der Waals surface area contributed by atoms with Gasteiger partial charge in [-0.15, -0.1) is 11.3 Å². The van der Waals surface area contributed by atoms with Gasteiger partial charge >= 0.3 is 0 Å². The topological polar surface area (TPSA) is 75.5 Å². The van der Waals surface area contributed by atoms with Gasteiger partial charge in [-0.2, -0.15) is 0 Å². The quantitative estimate of drug-likeness (QED) is 0.853. The predicted molar refractivity (Wildman–Crippen MR) is 107 cm³/mol. The minimum Gasteiger partial charge on any atom is -0.486 e. The molecule has 2 aromatic heterocycles. The van der Waals surface area contributed by atoms with E-state index in [1.54, 1.807) is 11.3 Å². The molecule has 1 saturated heterocycles. The van der Waals surface area contributed by atoms with Crippen molar-refractivity contribution in [3.63, 3.8) is 0 Å². The van der Waals surface area contributed by atoms with Gasteiger partial charge in [0.25, 0.3) is 0 Å². The van der Waals surface area contributed by atoms with E-state index in [-0.39, 0.29) is 12.0 Å². The zero-order valence-corrected chi connectivity index (χ0v) is 17.4. The van der Waals surface area contributed by atoms with E-state index >= 15 is 0 Å². The fraction of sp³-hybridized carbons (Fsp3) is 0.571. The van der Waals surface area contributed by atoms with Gasteiger partial charge < -0.3 is 14.7 Å². The average molecular weight is 402 g/mol. The summed E-state index contributed by atoms with van der Waals surface area (Å²) in [5.74, 6) is 1.57. The lowest BCUT2D eigenvalue weighted by molar-refractivity contribution is -0.129. The molecule has 1 aliphatic heterocycles. The second-order valence-electron chi connectivity index (χ2n) is 8.08. The van der Waals surface area contributed by atoms with Crippen molar-refractivity contribution < 1.29 is 14.6 Å². The number of amides is 1. The summed E-state index contributed by atoms with van der Waals surface area (Å²) >= 11 is 1.58. The van der Waals surface area contributed by atoms with Gasteiger partial charge in [0.1, 0.15) is 11.9 Å². The molecule has 0 bridgehead atoms. The smallest absolute Gasteiger partial charge is 0.228 e. The second-order valence-corrected chi connectivity index (χ2v) is 9.15. The third-order valence-corrected chi connectivity index (χ3v) is 6.71. The van der Waals surface area contributed by atoms with Crippen LogP contribution in [0.5, 0.6) is 5.75 Å². The Morgan fingerprint density at radius 1 is 1.21 bits per heavy atom. The Morgan fingerprint density at radius 2 is 1.96 bits per heavy atom. The maximum atomic E-state index is 12.7. The fourth-order valence-electron chi connectivity index (χ4n) is 4.44. The van der Waals surface area contributed by atoms with Gasteiger partial charge in [0.15, 0.2) is 0 Å². The van der Waals surface area contributed by atoms with E-state index in [0.717, 1.165) is 47.3 Å². The van der Waals surface area contributed by atoms with Crippen molar-refractivity contribution in [3.8, 4) is 5.75 Å². The summed E-state index contributed by atoms with van der Waals surface area (Å²) in [5.41, 5.74) is 2.65. The van der Waals surface area contributed by atoms with Crippen molar-refractivity contribution >= 4 is 17.2 Å². The van der Waals surface area contributed by atoms with Crippen LogP contribution in [-0.4, -0.2) is 51.2 Å². The number of carbonyl (C=O) groups is 1. The first kappa shape index (κ1) is 19.3. The van der Waals surface area contributed by atoms with Gasteiger partial charge in [-0.25, -0.2) is 4.98 Å². The van der Waals surface area contributed by atoms with Crippen LogP contribution in [0, 0.1) is 32.6 Å². The van der Waals surface area contributed by atoms with E-state index in [2.05, 4.69) is 9.97 Å². The van der Waals surface area contributed by atoms with Crippen LogP contribution < -0.4 is 4.74 Å². The van der Waals surface area contributed by atoms with E-state index in [1.165, 1.54) is 0 Å². The number of nitrogens with zero attached hydrogens (tertiary/aromatic N) is 3. The Balaban J connectivity index is 1.38. The molecule has 0 aromatic carbocycles. The Kier molecular flexibility index (Phi) is 5.38. The van der Waals surface area contributed by atoms with Crippen molar-refractivity contribution in [2.24, 2.45) is 11.8 Å². The van der Waals surface area contributed by atoms with Gasteiger partial charge in [-0.05, 0) is 57.6 Å². The molecular weight excluding hydrogens is 374 g/mol. The molecule has 7 heteroatoms. The number of aliphatic hydroxyl groups is 1. The maximum Gasteiger partial charge on any atom is 0.228 e. The lowest BCUT2D eigenvalue weighted by Crippen LogP contribution is -2.42. The van der Waals surface area contributed by atoms with Crippen LogP contribution in [0.1, 0.15) is 34.9 Å². The van der Waals surface area contributed by atoms with Crippen LogP contribution in [-0.2, 0) is 11.2 Å². The number of carbonyl (C=O) groups excluding carboxylic acids is 1. The highest BCUT2D eigenvalue weighted by Crippen LogP contribution is 2.38. The van der Waals surface area contributed by atoms with Crippen molar-refractivity contribution in [2.75, 3.05) is 13.1 Å². The highest BCUT2D eigenvalue weighted by Gasteiger charge is 2.44. The van der Waals surface area contributed by atoms with Crippen molar-refractivity contribution in [2.45, 2.75) is 52.2 Å². The molecule has 0 radical (unpaired) electrons. The third-order valence-electron chi connectivity index (χ3n) is 5.89. The van der Waals surface area contributed by atoms with Crippen LogP contribution in [0.25, 0.3) is 0 Å². The van der Waals surface area contributed by atoms with Gasteiger partial charge in [0.2, 0.25) is 5.91 Å². The van der Waals surface area contributed by atoms with Crippen LogP contribution in [0.15, 0.2) is 17.5 Å². The first-order valence-electron chi connectivity index (χ1n) is 9.87. The Bertz CT molecular complexity index is 868. The van der Waals surface area contributed by atoms with Crippen molar-refractivity contribution in [1.82, 2.24) is 14.9 Å². The summed E-state index contributed by atoms with van der Waals surface area (Å²) < 4.78 is 6.13. The van der Waals surface area contributed by atoms with Gasteiger partial charge in [-0.3, -0.25) is 9.78 Å². The van der Waals surface area contributed by atoms with Crippen LogP contribution in [0.2, 0.25) is 0 Å². The van der Waals surface area contributed by atoms with E-state index in [4.69, 9.17) is 4.74 Å². The molecule has 4 atom stereocenters. The summed E-state index contributed by atoms with van der Waals surface area (Å²) in [4.78, 5) is 23.5. The molecule has 1 N–H and O–H groups in total. The molecule has 150 valence electrons. The summed E-state index contributed by atoms with van der Waals surface area (Å²) in [6.07, 6.45) is 1.03. The van der Waals surface area contributed by atoms with Crippen LogP contribution >= 0.6 is 11.3 Å². The monoisotopic (exact) mass is 401 g/mol. The predicted octanol–water partition coefficient (Wildman–Crippen LogP) is 2.68. The lowest BCUT2D eigenvalue weighted by Gasteiger charge is -2.35. The number of aryl methyl sites for hydroxylation is 3. The summed E-state index contributed by atoms with van der Waals surface area (Å²) in [5, 5.41) is 13.6. The van der Waals surface area contributed by atoms with Crippen molar-refractivity contribution in [3.05, 3.63) is 39.6 Å². The third kappa shape index (κ3) is 4.05. The van der Waals surface area contributed by atoms with Crippen LogP contribution in [0.3, 0.4) is 0 Å². The number of pyridine rings is 1. The van der Waals surface area contributed by atoms with E-state index in [1.807, 2.05) is 43.2 Å². The number of aromatic nitrogens is 2. The first-order chi connectivity index (χ1) is 13.4. The lowest BCUT2D eigenvalue weighted by atomic mass is 9.78. The molecule has 1 saturated carbocycles. The summed E-state index contributed by atoms with van der Waals surface area (Å²) in [7, 11) is 0. The molecule has 0 unspecified atom stereocenters. The summed E-state index contributed by atoms with van der Waals surface area (Å²) in [6.45, 7) is 7.30. The maximum absolute atomic E-state index is 12.7. The van der Waals surface area contributed by atoms with Crippen LogP contribution in [0.4, 0.5) is 0 Å². The van der Waals surface area contributed by atoms with E-state index < -0.39 is 6.10 Å². The van der Waals surface area contributed by atoms with E-state index in [9.17, 15) is 9.90 Å². The number of hydrogen-bond acceptors (Lipinski definition) is 6. The Hall–Kier alpha value is -1.99. The molecule has 0 spiro atoms. The molecule has 1 aliphatic carbocycles. The molecule has 2 aliphatic rings. The SMILES string of the molecule is Cc1ccc(O[C@@H]2C[C@@H]3CN(C(=O)Cc4csc(C)n4)C[C@@H]3C[C@H]2O)c(C)n1. The van der Waals surface area contributed by atoms with E-state index in [0.29, 0.717) is 24.7 Å². The molecule has 2 fully saturated rings. The zero-order valence-electron chi connectivity index (χ0n) is 16.6. The highest BCUT2D eigenvalue weighted by molar-refractivity contribution is 7.09.